The topological polar surface area (TPSA) is 17.1 Å². The van der Waals surface area contributed by atoms with Gasteiger partial charge in [-0.05, 0) is 62.8 Å². The first-order chi connectivity index (χ1) is 9.54. The molecule has 2 atom stereocenters. The second-order valence-electron chi connectivity index (χ2n) is 6.26. The van der Waals surface area contributed by atoms with E-state index in [2.05, 4.69) is 11.8 Å². The Morgan fingerprint density at radius 2 is 1.70 bits per heavy atom. The quantitative estimate of drug-likeness (QED) is 0.736. The molecule has 2 saturated heterocycles. The van der Waals surface area contributed by atoms with Gasteiger partial charge in [-0.1, -0.05) is 6.42 Å². The number of rotatable bonds is 2. The van der Waals surface area contributed by atoms with Crippen molar-refractivity contribution in [2.24, 2.45) is 5.92 Å². The fraction of sp³-hybridized carbons (Fsp3) is 0.588. The van der Waals surface area contributed by atoms with Gasteiger partial charge in [-0.25, -0.2) is 4.39 Å². The van der Waals surface area contributed by atoms with Crippen molar-refractivity contribution in [1.82, 2.24) is 0 Å². The van der Waals surface area contributed by atoms with Crippen LogP contribution in [-0.2, 0) is 0 Å². The highest BCUT2D eigenvalue weighted by atomic mass is 32.2. The van der Waals surface area contributed by atoms with Crippen LogP contribution in [0.4, 0.5) is 4.39 Å². The minimum absolute atomic E-state index is 0.148. The van der Waals surface area contributed by atoms with E-state index in [1.807, 2.05) is 13.8 Å². The Morgan fingerprint density at radius 3 is 2.25 bits per heavy atom. The number of fused-ring (bicyclic) bond motifs is 2. The van der Waals surface area contributed by atoms with Gasteiger partial charge < -0.3 is 0 Å². The van der Waals surface area contributed by atoms with Gasteiger partial charge in [-0.3, -0.25) is 4.79 Å². The Morgan fingerprint density at radius 1 is 1.15 bits per heavy atom. The highest BCUT2D eigenvalue weighted by Gasteiger charge is 2.36. The molecule has 2 bridgehead atoms. The van der Waals surface area contributed by atoms with Crippen LogP contribution in [0.1, 0.15) is 53.6 Å². The normalized spacial score (nSPS) is 29.2. The zero-order valence-electron chi connectivity index (χ0n) is 12.1. The standard InChI is InChI=1S/C17H21FOS/c1-10-6-13(18)7-11(2)16(10)17(19)12-8-14-4-3-5-15(9-12)20-14/h6-7,12,14-15H,3-5,8-9H2,1-2H3. The third kappa shape index (κ3) is 2.65. The summed E-state index contributed by atoms with van der Waals surface area (Å²) in [6.45, 7) is 3.70. The van der Waals surface area contributed by atoms with E-state index in [-0.39, 0.29) is 17.5 Å². The summed E-state index contributed by atoms with van der Waals surface area (Å²) < 4.78 is 13.4. The summed E-state index contributed by atoms with van der Waals surface area (Å²) in [6.07, 6.45) is 5.85. The number of carbonyl (C=O) groups excluding carboxylic acids is 1. The van der Waals surface area contributed by atoms with Crippen LogP contribution in [0, 0.1) is 25.6 Å². The number of hydrogen-bond acceptors (Lipinski definition) is 2. The Kier molecular flexibility index (Phi) is 3.89. The van der Waals surface area contributed by atoms with Gasteiger partial charge in [0.15, 0.2) is 5.78 Å². The number of ketones is 1. The number of Topliss-reactive ketones (excluding diaryl/α,β-unsaturated/α-hetero) is 1. The molecule has 1 aromatic rings. The lowest BCUT2D eigenvalue weighted by Crippen LogP contribution is -2.33. The number of halogens is 1. The van der Waals surface area contributed by atoms with E-state index in [0.29, 0.717) is 10.5 Å². The predicted molar refractivity (Wildman–Crippen MR) is 81.9 cm³/mol. The predicted octanol–water partition coefficient (Wildman–Crippen LogP) is 4.69. The number of aryl methyl sites for hydroxylation is 2. The Balaban J connectivity index is 1.86. The maximum absolute atomic E-state index is 13.4. The van der Waals surface area contributed by atoms with Crippen molar-refractivity contribution >= 4 is 17.5 Å². The van der Waals surface area contributed by atoms with Crippen molar-refractivity contribution in [3.63, 3.8) is 0 Å². The van der Waals surface area contributed by atoms with Crippen LogP contribution in [0.2, 0.25) is 0 Å². The molecule has 20 heavy (non-hydrogen) atoms. The first-order valence-corrected chi connectivity index (χ1v) is 8.45. The molecule has 3 rings (SSSR count). The SMILES string of the molecule is Cc1cc(F)cc(C)c1C(=O)C1CC2CCCC(C1)S2. The third-order valence-electron chi connectivity index (χ3n) is 4.65. The maximum Gasteiger partial charge on any atom is 0.166 e. The highest BCUT2D eigenvalue weighted by molar-refractivity contribution is 8.00. The average molecular weight is 292 g/mol. The van der Waals surface area contributed by atoms with Gasteiger partial charge in [0.25, 0.3) is 0 Å². The largest absolute Gasteiger partial charge is 0.294 e. The molecule has 0 saturated carbocycles. The summed E-state index contributed by atoms with van der Waals surface area (Å²) >= 11 is 2.09. The third-order valence-corrected chi connectivity index (χ3v) is 6.27. The molecule has 3 heteroatoms. The minimum Gasteiger partial charge on any atom is -0.294 e. The molecule has 2 aliphatic rings. The van der Waals surface area contributed by atoms with Crippen molar-refractivity contribution in [3.05, 3.63) is 34.6 Å². The van der Waals surface area contributed by atoms with Crippen LogP contribution in [0.5, 0.6) is 0 Å². The van der Waals surface area contributed by atoms with Gasteiger partial charge >= 0.3 is 0 Å². The molecule has 2 aliphatic heterocycles. The van der Waals surface area contributed by atoms with Crippen LogP contribution in [-0.4, -0.2) is 16.3 Å². The summed E-state index contributed by atoms with van der Waals surface area (Å²) in [5.41, 5.74) is 2.34. The summed E-state index contributed by atoms with van der Waals surface area (Å²) in [7, 11) is 0. The van der Waals surface area contributed by atoms with E-state index in [9.17, 15) is 9.18 Å². The molecule has 108 valence electrons. The first-order valence-electron chi connectivity index (χ1n) is 7.51. The van der Waals surface area contributed by atoms with Gasteiger partial charge in [0.05, 0.1) is 0 Å². The summed E-state index contributed by atoms with van der Waals surface area (Å²) in [5, 5.41) is 1.33. The number of benzene rings is 1. The molecule has 2 unspecified atom stereocenters. The molecule has 0 aromatic heterocycles. The molecule has 0 aliphatic carbocycles. The smallest absolute Gasteiger partial charge is 0.166 e. The van der Waals surface area contributed by atoms with E-state index in [4.69, 9.17) is 0 Å². The van der Waals surface area contributed by atoms with E-state index in [0.717, 1.165) is 29.5 Å². The van der Waals surface area contributed by atoms with Crippen molar-refractivity contribution in [1.29, 1.82) is 0 Å². The molecule has 1 aromatic carbocycles. The minimum atomic E-state index is -0.243. The van der Waals surface area contributed by atoms with Gasteiger partial charge in [0.2, 0.25) is 0 Å². The van der Waals surface area contributed by atoms with Gasteiger partial charge in [-0.15, -0.1) is 0 Å². The Hall–Kier alpha value is -0.830. The molecule has 0 radical (unpaired) electrons. The van der Waals surface area contributed by atoms with Crippen molar-refractivity contribution in [2.75, 3.05) is 0 Å². The van der Waals surface area contributed by atoms with Crippen LogP contribution in [0.15, 0.2) is 12.1 Å². The van der Waals surface area contributed by atoms with Gasteiger partial charge in [-0.2, -0.15) is 11.8 Å². The van der Waals surface area contributed by atoms with Crippen LogP contribution >= 0.6 is 11.8 Å². The molecule has 0 amide bonds. The summed E-state index contributed by atoms with van der Waals surface area (Å²) in [4.78, 5) is 12.9. The van der Waals surface area contributed by atoms with Crippen molar-refractivity contribution < 1.29 is 9.18 Å². The molecule has 2 fully saturated rings. The molecular formula is C17H21FOS. The number of thioether (sulfide) groups is 1. The maximum atomic E-state index is 13.4. The van der Waals surface area contributed by atoms with E-state index in [1.54, 1.807) is 0 Å². The fourth-order valence-electron chi connectivity index (χ4n) is 3.78. The highest BCUT2D eigenvalue weighted by Crippen LogP contribution is 2.45. The molecule has 0 N–H and O–H groups in total. The fourth-order valence-corrected chi connectivity index (χ4v) is 5.61. The van der Waals surface area contributed by atoms with Crippen LogP contribution in [0.3, 0.4) is 0 Å². The van der Waals surface area contributed by atoms with E-state index in [1.165, 1.54) is 31.4 Å². The second-order valence-corrected chi connectivity index (χ2v) is 7.86. The lowest BCUT2D eigenvalue weighted by atomic mass is 9.82. The average Bonchev–Trinajstić information content (AvgIpc) is 2.36. The Bertz CT molecular complexity index is 505. The van der Waals surface area contributed by atoms with Gasteiger partial charge in [0, 0.05) is 22.0 Å². The van der Waals surface area contributed by atoms with Crippen LogP contribution in [0.25, 0.3) is 0 Å². The zero-order valence-corrected chi connectivity index (χ0v) is 12.9. The molecule has 2 heterocycles. The lowest BCUT2D eigenvalue weighted by Gasteiger charge is -2.38. The molecule has 1 nitrogen and oxygen atoms in total. The number of carbonyl (C=O) groups is 1. The van der Waals surface area contributed by atoms with Crippen molar-refractivity contribution in [3.8, 4) is 0 Å². The zero-order chi connectivity index (χ0) is 14.3. The van der Waals surface area contributed by atoms with Crippen molar-refractivity contribution in [2.45, 2.75) is 56.5 Å². The monoisotopic (exact) mass is 292 g/mol. The summed E-state index contributed by atoms with van der Waals surface area (Å²) in [6, 6.07) is 2.97. The molecule has 0 spiro atoms. The molecular weight excluding hydrogens is 271 g/mol. The first kappa shape index (κ1) is 14.1. The second kappa shape index (κ2) is 5.51. The van der Waals surface area contributed by atoms with Crippen LogP contribution < -0.4 is 0 Å². The van der Waals surface area contributed by atoms with E-state index >= 15 is 0 Å². The lowest BCUT2D eigenvalue weighted by molar-refractivity contribution is 0.0895. The number of hydrogen-bond donors (Lipinski definition) is 0. The van der Waals surface area contributed by atoms with E-state index < -0.39 is 0 Å². The Labute approximate surface area is 124 Å². The summed E-state index contributed by atoms with van der Waals surface area (Å²) in [5.74, 6) is 0.152. The van der Waals surface area contributed by atoms with Gasteiger partial charge in [0.1, 0.15) is 5.82 Å².